The molecular weight excluding hydrogens is 232 g/mol. The standard InChI is InChI=1S/C13H24N2O3/c1-9(16)7-10-8-15(6-5-11(10)14)12(17)18-13(2,3)4/h10-11H,5-8,14H2,1-4H3. The van der Waals surface area contributed by atoms with Gasteiger partial charge in [0.15, 0.2) is 0 Å². The van der Waals surface area contributed by atoms with Crippen molar-refractivity contribution in [1.82, 2.24) is 4.90 Å². The molecule has 1 amide bonds. The topological polar surface area (TPSA) is 72.6 Å². The van der Waals surface area contributed by atoms with Crippen LogP contribution in [0.4, 0.5) is 4.79 Å². The van der Waals surface area contributed by atoms with E-state index in [1.807, 2.05) is 20.8 Å². The van der Waals surface area contributed by atoms with Crippen molar-refractivity contribution < 1.29 is 14.3 Å². The van der Waals surface area contributed by atoms with Gasteiger partial charge in [0.1, 0.15) is 11.4 Å². The van der Waals surface area contributed by atoms with Crippen LogP contribution in [0, 0.1) is 5.92 Å². The van der Waals surface area contributed by atoms with Gasteiger partial charge in [-0.25, -0.2) is 4.79 Å². The highest BCUT2D eigenvalue weighted by Gasteiger charge is 2.32. The Balaban J connectivity index is 2.58. The molecule has 0 radical (unpaired) electrons. The number of carbonyl (C=O) groups excluding carboxylic acids is 2. The Morgan fingerprint density at radius 1 is 1.39 bits per heavy atom. The maximum Gasteiger partial charge on any atom is 0.410 e. The maximum absolute atomic E-state index is 11.9. The molecule has 0 bridgehead atoms. The molecule has 2 atom stereocenters. The molecule has 1 aliphatic rings. The molecule has 0 aromatic carbocycles. The number of piperidine rings is 1. The number of hydrogen-bond acceptors (Lipinski definition) is 4. The zero-order chi connectivity index (χ0) is 13.9. The van der Waals surface area contributed by atoms with Crippen molar-refractivity contribution in [2.45, 2.75) is 52.2 Å². The Bertz CT molecular complexity index is 323. The summed E-state index contributed by atoms with van der Waals surface area (Å²) in [7, 11) is 0. The number of likely N-dealkylation sites (tertiary alicyclic amines) is 1. The molecule has 2 N–H and O–H groups in total. The third kappa shape index (κ3) is 4.64. The summed E-state index contributed by atoms with van der Waals surface area (Å²) in [4.78, 5) is 24.8. The second-order valence-electron chi connectivity index (χ2n) is 6.05. The Labute approximate surface area is 109 Å². The van der Waals surface area contributed by atoms with Crippen LogP contribution in [0.3, 0.4) is 0 Å². The molecule has 18 heavy (non-hydrogen) atoms. The highest BCUT2D eigenvalue weighted by Crippen LogP contribution is 2.21. The number of hydrogen-bond donors (Lipinski definition) is 1. The van der Waals surface area contributed by atoms with Crippen LogP contribution in [0.5, 0.6) is 0 Å². The van der Waals surface area contributed by atoms with Gasteiger partial charge >= 0.3 is 6.09 Å². The molecule has 104 valence electrons. The SMILES string of the molecule is CC(=O)CC1CN(C(=O)OC(C)(C)C)CCC1N. The summed E-state index contributed by atoms with van der Waals surface area (Å²) in [5.74, 6) is 0.158. The van der Waals surface area contributed by atoms with E-state index in [9.17, 15) is 9.59 Å². The number of nitrogens with zero attached hydrogens (tertiary/aromatic N) is 1. The van der Waals surface area contributed by atoms with Crippen molar-refractivity contribution in [2.75, 3.05) is 13.1 Å². The average molecular weight is 256 g/mol. The molecule has 1 fully saturated rings. The summed E-state index contributed by atoms with van der Waals surface area (Å²) in [5, 5.41) is 0. The normalized spacial score (nSPS) is 24.8. The van der Waals surface area contributed by atoms with Crippen LogP contribution in [-0.2, 0) is 9.53 Å². The molecule has 1 saturated heterocycles. The van der Waals surface area contributed by atoms with Gasteiger partial charge in [0.05, 0.1) is 0 Å². The van der Waals surface area contributed by atoms with Crippen molar-refractivity contribution in [3.05, 3.63) is 0 Å². The smallest absolute Gasteiger partial charge is 0.410 e. The molecule has 0 spiro atoms. The summed E-state index contributed by atoms with van der Waals surface area (Å²) in [5.41, 5.74) is 5.49. The minimum atomic E-state index is -0.493. The molecule has 1 heterocycles. The van der Waals surface area contributed by atoms with Gasteiger partial charge in [-0.1, -0.05) is 0 Å². The van der Waals surface area contributed by atoms with Gasteiger partial charge in [-0.15, -0.1) is 0 Å². The third-order valence-corrected chi connectivity index (χ3v) is 2.99. The van der Waals surface area contributed by atoms with Crippen LogP contribution >= 0.6 is 0 Å². The number of rotatable bonds is 2. The Kier molecular flexibility index (Phi) is 4.73. The van der Waals surface area contributed by atoms with E-state index in [2.05, 4.69) is 0 Å². The molecule has 5 heteroatoms. The van der Waals surface area contributed by atoms with Crippen LogP contribution in [0.2, 0.25) is 0 Å². The fraction of sp³-hybridized carbons (Fsp3) is 0.846. The first-order valence-electron chi connectivity index (χ1n) is 6.42. The van der Waals surface area contributed by atoms with Crippen LogP contribution in [0.1, 0.15) is 40.5 Å². The molecule has 2 unspecified atom stereocenters. The average Bonchev–Trinajstić information content (AvgIpc) is 2.17. The van der Waals surface area contributed by atoms with Crippen LogP contribution in [-0.4, -0.2) is 41.5 Å². The van der Waals surface area contributed by atoms with E-state index >= 15 is 0 Å². The molecular formula is C13H24N2O3. The Morgan fingerprint density at radius 3 is 2.50 bits per heavy atom. The van der Waals surface area contributed by atoms with Crippen LogP contribution < -0.4 is 5.73 Å². The largest absolute Gasteiger partial charge is 0.444 e. The summed E-state index contributed by atoms with van der Waals surface area (Å²) in [6.45, 7) is 8.19. The zero-order valence-electron chi connectivity index (χ0n) is 11.7. The quantitative estimate of drug-likeness (QED) is 0.813. The molecule has 1 aliphatic heterocycles. The highest BCUT2D eigenvalue weighted by atomic mass is 16.6. The lowest BCUT2D eigenvalue weighted by Gasteiger charge is -2.37. The molecule has 1 rings (SSSR count). The third-order valence-electron chi connectivity index (χ3n) is 2.99. The minimum Gasteiger partial charge on any atom is -0.444 e. The predicted octanol–water partition coefficient (Wildman–Crippen LogP) is 1.55. The van der Waals surface area contributed by atoms with E-state index in [4.69, 9.17) is 10.5 Å². The summed E-state index contributed by atoms with van der Waals surface area (Å²) in [6, 6.07) is -0.00686. The van der Waals surface area contributed by atoms with Gasteiger partial charge in [0, 0.05) is 25.6 Å². The van der Waals surface area contributed by atoms with Gasteiger partial charge in [-0.3, -0.25) is 0 Å². The first kappa shape index (κ1) is 15.0. The number of nitrogens with two attached hydrogens (primary N) is 1. The van der Waals surface area contributed by atoms with Gasteiger partial charge < -0.3 is 20.2 Å². The summed E-state index contributed by atoms with van der Waals surface area (Å²) >= 11 is 0. The van der Waals surface area contributed by atoms with Crippen molar-refractivity contribution in [1.29, 1.82) is 0 Å². The van der Waals surface area contributed by atoms with E-state index in [1.54, 1.807) is 11.8 Å². The Morgan fingerprint density at radius 2 is 2.00 bits per heavy atom. The van der Waals surface area contributed by atoms with Gasteiger partial charge in [-0.05, 0) is 40.0 Å². The zero-order valence-corrected chi connectivity index (χ0v) is 11.7. The Hall–Kier alpha value is -1.10. The second kappa shape index (κ2) is 5.69. The summed E-state index contributed by atoms with van der Waals surface area (Å²) in [6.07, 6.45) is 0.834. The highest BCUT2D eigenvalue weighted by molar-refractivity contribution is 5.76. The van der Waals surface area contributed by atoms with Crippen LogP contribution in [0.15, 0.2) is 0 Å². The van der Waals surface area contributed by atoms with Crippen molar-refractivity contribution in [3.8, 4) is 0 Å². The van der Waals surface area contributed by atoms with Gasteiger partial charge in [0.25, 0.3) is 0 Å². The van der Waals surface area contributed by atoms with Gasteiger partial charge in [-0.2, -0.15) is 0 Å². The lowest BCUT2D eigenvalue weighted by molar-refractivity contribution is -0.118. The summed E-state index contributed by atoms with van der Waals surface area (Å²) < 4.78 is 5.33. The lowest BCUT2D eigenvalue weighted by Crippen LogP contribution is -2.50. The molecule has 5 nitrogen and oxygen atoms in total. The van der Waals surface area contributed by atoms with E-state index in [0.29, 0.717) is 19.5 Å². The van der Waals surface area contributed by atoms with Gasteiger partial charge in [0.2, 0.25) is 0 Å². The monoisotopic (exact) mass is 256 g/mol. The lowest BCUT2D eigenvalue weighted by atomic mass is 9.89. The van der Waals surface area contributed by atoms with E-state index in [1.165, 1.54) is 0 Å². The van der Waals surface area contributed by atoms with Crippen molar-refractivity contribution in [2.24, 2.45) is 11.7 Å². The number of carbonyl (C=O) groups is 2. The minimum absolute atomic E-state index is 0.00686. The maximum atomic E-state index is 11.9. The molecule has 0 saturated carbocycles. The first-order valence-corrected chi connectivity index (χ1v) is 6.42. The number of amides is 1. The fourth-order valence-corrected chi connectivity index (χ4v) is 2.13. The van der Waals surface area contributed by atoms with Crippen LogP contribution in [0.25, 0.3) is 0 Å². The van der Waals surface area contributed by atoms with Crippen molar-refractivity contribution >= 4 is 11.9 Å². The molecule has 0 aromatic rings. The second-order valence-corrected chi connectivity index (χ2v) is 6.05. The molecule has 0 aliphatic carbocycles. The predicted molar refractivity (Wildman–Crippen MR) is 69.2 cm³/mol. The number of ketones is 1. The molecule has 0 aromatic heterocycles. The number of ether oxygens (including phenoxy) is 1. The van der Waals surface area contributed by atoms with Crippen molar-refractivity contribution in [3.63, 3.8) is 0 Å². The first-order chi connectivity index (χ1) is 8.19. The fourth-order valence-electron chi connectivity index (χ4n) is 2.13. The van der Waals surface area contributed by atoms with E-state index in [-0.39, 0.29) is 23.8 Å². The van der Waals surface area contributed by atoms with E-state index < -0.39 is 5.60 Å². The van der Waals surface area contributed by atoms with E-state index in [0.717, 1.165) is 6.42 Å². The number of Topliss-reactive ketones (excluding diaryl/α,β-unsaturated/α-hetero) is 1.